The number of alkyl halides is 3. The molecule has 0 bridgehead atoms. The second kappa shape index (κ2) is 5.29. The fraction of sp³-hybridized carbons (Fsp3) is 0.571. The monoisotopic (exact) mass is 290 g/mol. The molecule has 0 aliphatic rings. The van der Waals surface area contributed by atoms with E-state index in [0.29, 0.717) is 0 Å². The Morgan fingerprint density at radius 3 is 1.79 bits per heavy atom. The van der Waals surface area contributed by atoms with Crippen LogP contribution in [0.3, 0.4) is 0 Å². The van der Waals surface area contributed by atoms with Crippen molar-refractivity contribution in [3.63, 3.8) is 0 Å². The fourth-order valence-electron chi connectivity index (χ4n) is 2.23. The Morgan fingerprint density at radius 1 is 1.00 bits per heavy atom. The molecule has 1 aromatic carbocycles. The van der Waals surface area contributed by atoms with Gasteiger partial charge >= 0.3 is 6.18 Å². The number of hydrogen-bond donors (Lipinski definition) is 0. The van der Waals surface area contributed by atoms with Crippen LogP contribution < -0.4 is 0 Å². The first kappa shape index (κ1) is 16.2. The van der Waals surface area contributed by atoms with E-state index in [2.05, 4.69) is 0 Å². The summed E-state index contributed by atoms with van der Waals surface area (Å²) >= 11 is 0. The summed E-state index contributed by atoms with van der Waals surface area (Å²) in [5.74, 6) is -0.693. The van der Waals surface area contributed by atoms with Gasteiger partial charge in [-0.2, -0.15) is 13.2 Å². The zero-order valence-corrected chi connectivity index (χ0v) is 13.0. The maximum atomic E-state index is 13.7. The van der Waals surface area contributed by atoms with Crippen molar-refractivity contribution in [2.45, 2.75) is 45.3 Å². The van der Waals surface area contributed by atoms with Crippen molar-refractivity contribution in [3.05, 3.63) is 35.9 Å². The predicted octanol–water partition coefficient (Wildman–Crippen LogP) is 4.95. The van der Waals surface area contributed by atoms with Crippen molar-refractivity contribution < 1.29 is 17.6 Å². The predicted molar refractivity (Wildman–Crippen MR) is 73.4 cm³/mol. The summed E-state index contributed by atoms with van der Waals surface area (Å²) in [6.07, 6.45) is -4.44. The van der Waals surface area contributed by atoms with Gasteiger partial charge in [0, 0.05) is 0 Å². The van der Waals surface area contributed by atoms with Crippen LogP contribution in [0.25, 0.3) is 0 Å². The second-order valence-electron chi connectivity index (χ2n) is 5.97. The summed E-state index contributed by atoms with van der Waals surface area (Å²) < 4.78 is 46.9. The minimum absolute atomic E-state index is 0.180. The zero-order valence-electron chi connectivity index (χ0n) is 12.0. The van der Waals surface area contributed by atoms with Crippen molar-refractivity contribution in [1.82, 2.24) is 0 Å². The average Bonchev–Trinajstić information content (AvgIpc) is 2.23. The molecular formula is C14H21F3OSi. The van der Waals surface area contributed by atoms with Crippen molar-refractivity contribution in [2.75, 3.05) is 0 Å². The minimum atomic E-state index is -4.44. The van der Waals surface area contributed by atoms with Crippen LogP contribution in [0.4, 0.5) is 13.2 Å². The SMILES string of the molecule is CC(C)C(O[Si](C)(C)C)(c1ccccc1)C(F)(F)F. The van der Waals surface area contributed by atoms with E-state index >= 15 is 0 Å². The van der Waals surface area contributed by atoms with Gasteiger partial charge < -0.3 is 4.43 Å². The van der Waals surface area contributed by atoms with E-state index in [0.717, 1.165) is 0 Å². The van der Waals surface area contributed by atoms with Gasteiger partial charge in [-0.1, -0.05) is 44.2 Å². The Bertz CT molecular complexity index is 409. The highest BCUT2D eigenvalue weighted by atomic mass is 28.4. The topological polar surface area (TPSA) is 9.23 Å². The lowest BCUT2D eigenvalue weighted by atomic mass is 9.83. The van der Waals surface area contributed by atoms with Crippen LogP contribution in [-0.4, -0.2) is 14.5 Å². The molecule has 0 heterocycles. The first-order chi connectivity index (χ1) is 8.51. The van der Waals surface area contributed by atoms with Crippen LogP contribution in [0, 0.1) is 5.92 Å². The summed E-state index contributed by atoms with van der Waals surface area (Å²) in [4.78, 5) is 0. The highest BCUT2D eigenvalue weighted by Crippen LogP contribution is 2.49. The Kier molecular flexibility index (Phi) is 4.52. The van der Waals surface area contributed by atoms with Crippen LogP contribution >= 0.6 is 0 Å². The summed E-state index contributed by atoms with van der Waals surface area (Å²) in [5, 5.41) is 0. The lowest BCUT2D eigenvalue weighted by Gasteiger charge is -2.43. The molecule has 19 heavy (non-hydrogen) atoms. The van der Waals surface area contributed by atoms with Gasteiger partial charge in [-0.15, -0.1) is 0 Å². The normalized spacial score (nSPS) is 16.5. The van der Waals surface area contributed by atoms with Crippen LogP contribution in [0.1, 0.15) is 19.4 Å². The third-order valence-electron chi connectivity index (χ3n) is 2.90. The molecule has 0 aromatic heterocycles. The van der Waals surface area contributed by atoms with Crippen molar-refractivity contribution in [2.24, 2.45) is 5.92 Å². The third-order valence-corrected chi connectivity index (χ3v) is 3.84. The Balaban J connectivity index is 3.46. The molecule has 0 radical (unpaired) electrons. The molecule has 0 aliphatic carbocycles. The molecule has 0 saturated carbocycles. The van der Waals surface area contributed by atoms with Crippen LogP contribution in [-0.2, 0) is 10.0 Å². The lowest BCUT2D eigenvalue weighted by molar-refractivity contribution is -0.274. The quantitative estimate of drug-likeness (QED) is 0.713. The summed E-state index contributed by atoms with van der Waals surface area (Å²) in [7, 11) is -2.37. The first-order valence-electron chi connectivity index (χ1n) is 6.33. The molecule has 108 valence electrons. The van der Waals surface area contributed by atoms with Crippen molar-refractivity contribution in [1.29, 1.82) is 0 Å². The van der Waals surface area contributed by atoms with E-state index in [1.165, 1.54) is 12.1 Å². The van der Waals surface area contributed by atoms with Crippen molar-refractivity contribution >= 4 is 8.32 Å². The zero-order chi connectivity index (χ0) is 14.9. The minimum Gasteiger partial charge on any atom is -0.400 e. The van der Waals surface area contributed by atoms with E-state index in [9.17, 15) is 13.2 Å². The molecule has 1 aromatic rings. The summed E-state index contributed by atoms with van der Waals surface area (Å²) in [6, 6.07) is 7.93. The van der Waals surface area contributed by atoms with Gasteiger partial charge in [0.25, 0.3) is 0 Å². The maximum absolute atomic E-state index is 13.7. The van der Waals surface area contributed by atoms with E-state index < -0.39 is 26.0 Å². The molecule has 1 rings (SSSR count). The molecule has 0 saturated heterocycles. The molecule has 0 fully saturated rings. The Labute approximate surface area is 113 Å². The van der Waals surface area contributed by atoms with Crippen LogP contribution in [0.15, 0.2) is 30.3 Å². The molecule has 1 atom stereocenters. The molecule has 5 heteroatoms. The van der Waals surface area contributed by atoms with E-state index in [4.69, 9.17) is 4.43 Å². The highest BCUT2D eigenvalue weighted by molar-refractivity contribution is 6.69. The fourth-order valence-corrected chi connectivity index (χ4v) is 3.66. The van der Waals surface area contributed by atoms with Crippen LogP contribution in [0.2, 0.25) is 19.6 Å². The first-order valence-corrected chi connectivity index (χ1v) is 9.74. The Hall–Kier alpha value is -0.813. The van der Waals surface area contributed by atoms with E-state index in [1.807, 2.05) is 0 Å². The summed E-state index contributed by atoms with van der Waals surface area (Å²) in [5.41, 5.74) is -2.04. The highest BCUT2D eigenvalue weighted by Gasteiger charge is 2.60. The molecule has 0 spiro atoms. The standard InChI is InChI=1S/C14H21F3OSi/c1-11(2)13(14(15,16)17,18-19(3,4)5)12-9-7-6-8-10-12/h6-11H,1-5H3. The average molecular weight is 290 g/mol. The third kappa shape index (κ3) is 3.39. The van der Waals surface area contributed by atoms with Crippen LogP contribution in [0.5, 0.6) is 0 Å². The molecule has 0 aliphatic heterocycles. The molecule has 1 nitrogen and oxygen atoms in total. The lowest BCUT2D eigenvalue weighted by Crippen LogP contribution is -2.54. The number of rotatable bonds is 4. The number of halogens is 3. The van der Waals surface area contributed by atoms with Gasteiger partial charge in [0.1, 0.15) is 0 Å². The molecule has 0 N–H and O–H groups in total. The number of hydrogen-bond acceptors (Lipinski definition) is 1. The number of benzene rings is 1. The van der Waals surface area contributed by atoms with Gasteiger partial charge in [-0.25, -0.2) is 0 Å². The molecular weight excluding hydrogens is 269 g/mol. The van der Waals surface area contributed by atoms with E-state index in [-0.39, 0.29) is 5.56 Å². The van der Waals surface area contributed by atoms with Gasteiger partial charge in [-0.3, -0.25) is 0 Å². The van der Waals surface area contributed by atoms with Crippen molar-refractivity contribution in [3.8, 4) is 0 Å². The van der Waals surface area contributed by atoms with Gasteiger partial charge in [0.15, 0.2) is 13.9 Å². The maximum Gasteiger partial charge on any atom is 0.420 e. The largest absolute Gasteiger partial charge is 0.420 e. The molecule has 1 unspecified atom stereocenters. The smallest absolute Gasteiger partial charge is 0.400 e. The summed E-state index contributed by atoms with van der Waals surface area (Å²) in [6.45, 7) is 8.44. The second-order valence-corrected chi connectivity index (χ2v) is 10.4. The van der Waals surface area contributed by atoms with Gasteiger partial charge in [0.2, 0.25) is 0 Å². The molecule has 0 amide bonds. The Morgan fingerprint density at radius 2 is 1.47 bits per heavy atom. The van der Waals surface area contributed by atoms with Gasteiger partial charge in [0.05, 0.1) is 0 Å². The van der Waals surface area contributed by atoms with E-state index in [1.54, 1.807) is 51.7 Å². The van der Waals surface area contributed by atoms with Gasteiger partial charge in [-0.05, 0) is 31.1 Å².